The fourth-order valence-corrected chi connectivity index (χ4v) is 1.33. The van der Waals surface area contributed by atoms with Crippen molar-refractivity contribution in [2.45, 2.75) is 34.6 Å². The summed E-state index contributed by atoms with van der Waals surface area (Å²) in [6.45, 7) is 13.1. The number of hydrogen-bond donors (Lipinski definition) is 1. The monoisotopic (exact) mass is 298 g/mol. The van der Waals surface area contributed by atoms with Crippen molar-refractivity contribution in [1.29, 1.82) is 0 Å². The number of carboxylic acid groups (broad SMARTS) is 1. The van der Waals surface area contributed by atoms with Crippen LogP contribution in [0.4, 0.5) is 0 Å². The van der Waals surface area contributed by atoms with Crippen molar-refractivity contribution in [3.05, 3.63) is 82.9 Å². The SMILES string of the molecule is C=C(C)C(=O)O.Cc1ccccc1C.Cc1ccccc1C. The molecule has 2 heteroatoms. The summed E-state index contributed by atoms with van der Waals surface area (Å²) in [5.41, 5.74) is 5.65. The Hall–Kier alpha value is -2.35. The smallest absolute Gasteiger partial charge is 0.330 e. The summed E-state index contributed by atoms with van der Waals surface area (Å²) in [7, 11) is 0. The third-order valence-electron chi connectivity index (χ3n) is 3.22. The minimum atomic E-state index is -0.935. The van der Waals surface area contributed by atoms with Gasteiger partial charge in [0.15, 0.2) is 0 Å². The fourth-order valence-electron chi connectivity index (χ4n) is 1.33. The fraction of sp³-hybridized carbons (Fsp3) is 0.250. The molecule has 1 N–H and O–H groups in total. The molecular formula is C20H26O2. The summed E-state index contributed by atoms with van der Waals surface area (Å²) in [6.07, 6.45) is 0. The predicted octanol–water partition coefficient (Wildman–Crippen LogP) is 5.25. The first-order valence-corrected chi connectivity index (χ1v) is 7.19. The van der Waals surface area contributed by atoms with Gasteiger partial charge in [-0.25, -0.2) is 4.79 Å². The zero-order valence-electron chi connectivity index (χ0n) is 14.2. The van der Waals surface area contributed by atoms with Crippen molar-refractivity contribution in [3.63, 3.8) is 0 Å². The van der Waals surface area contributed by atoms with E-state index in [-0.39, 0.29) is 5.57 Å². The van der Waals surface area contributed by atoms with Crippen molar-refractivity contribution in [2.75, 3.05) is 0 Å². The highest BCUT2D eigenvalue weighted by molar-refractivity contribution is 5.84. The quantitative estimate of drug-likeness (QED) is 0.730. The average Bonchev–Trinajstić information content (AvgIpc) is 2.47. The maximum atomic E-state index is 9.60. The standard InChI is InChI=1S/2C8H10.C4H6O2/c2*1-7-5-3-4-6-8(7)2;1-3(2)4(5)6/h2*3-6H,1-2H3;1H2,2H3,(H,5,6). The summed E-state index contributed by atoms with van der Waals surface area (Å²) in [5.74, 6) is -0.935. The van der Waals surface area contributed by atoms with Crippen LogP contribution in [0.15, 0.2) is 60.7 Å². The average molecular weight is 298 g/mol. The highest BCUT2D eigenvalue weighted by Crippen LogP contribution is 2.03. The maximum Gasteiger partial charge on any atom is 0.330 e. The number of benzene rings is 2. The molecule has 2 rings (SSSR count). The highest BCUT2D eigenvalue weighted by atomic mass is 16.4. The lowest BCUT2D eigenvalue weighted by Crippen LogP contribution is -1.92. The molecule has 0 fully saturated rings. The molecule has 0 aliphatic heterocycles. The van der Waals surface area contributed by atoms with Gasteiger partial charge in [-0.15, -0.1) is 0 Å². The Morgan fingerprint density at radius 1 is 0.773 bits per heavy atom. The number of carbonyl (C=O) groups is 1. The molecule has 0 unspecified atom stereocenters. The second-order valence-electron chi connectivity index (χ2n) is 5.25. The van der Waals surface area contributed by atoms with Crippen molar-refractivity contribution >= 4 is 5.97 Å². The molecule has 0 aromatic heterocycles. The topological polar surface area (TPSA) is 37.3 Å². The molecule has 2 aromatic carbocycles. The Bertz CT molecular complexity index is 515. The Balaban J connectivity index is 0.000000306. The third kappa shape index (κ3) is 8.75. The van der Waals surface area contributed by atoms with Crippen LogP contribution in [0, 0.1) is 27.7 Å². The normalized spacial score (nSPS) is 8.77. The Morgan fingerprint density at radius 2 is 0.955 bits per heavy atom. The van der Waals surface area contributed by atoms with E-state index in [1.807, 2.05) is 0 Å². The maximum absolute atomic E-state index is 9.60. The summed E-state index contributed by atoms with van der Waals surface area (Å²) in [4.78, 5) is 9.60. The molecule has 0 radical (unpaired) electrons. The van der Waals surface area contributed by atoms with Crippen LogP contribution >= 0.6 is 0 Å². The molecule has 0 spiro atoms. The van der Waals surface area contributed by atoms with Crippen LogP contribution in [0.1, 0.15) is 29.2 Å². The number of hydrogen-bond acceptors (Lipinski definition) is 1. The van der Waals surface area contributed by atoms with Gasteiger partial charge >= 0.3 is 5.97 Å². The van der Waals surface area contributed by atoms with Crippen LogP contribution in [0.2, 0.25) is 0 Å². The van der Waals surface area contributed by atoms with Gasteiger partial charge in [0.05, 0.1) is 0 Å². The number of rotatable bonds is 1. The summed E-state index contributed by atoms with van der Waals surface area (Å²) in [5, 5.41) is 7.89. The molecule has 0 aliphatic rings. The van der Waals surface area contributed by atoms with Crippen LogP contribution in [0.5, 0.6) is 0 Å². The summed E-state index contributed by atoms with van der Waals surface area (Å²) < 4.78 is 0. The Morgan fingerprint density at radius 3 is 1.05 bits per heavy atom. The number of aryl methyl sites for hydroxylation is 4. The van der Waals surface area contributed by atoms with Gasteiger partial charge in [-0.2, -0.15) is 0 Å². The van der Waals surface area contributed by atoms with Crippen LogP contribution in [0.25, 0.3) is 0 Å². The molecule has 118 valence electrons. The van der Waals surface area contributed by atoms with Crippen LogP contribution in [-0.4, -0.2) is 11.1 Å². The first kappa shape index (κ1) is 19.7. The first-order valence-electron chi connectivity index (χ1n) is 7.19. The minimum absolute atomic E-state index is 0.176. The zero-order valence-corrected chi connectivity index (χ0v) is 14.2. The molecule has 0 saturated heterocycles. The van der Waals surface area contributed by atoms with Gasteiger partial charge < -0.3 is 5.11 Å². The largest absolute Gasteiger partial charge is 0.478 e. The molecule has 0 aliphatic carbocycles. The van der Waals surface area contributed by atoms with E-state index in [9.17, 15) is 4.79 Å². The van der Waals surface area contributed by atoms with Crippen LogP contribution < -0.4 is 0 Å². The van der Waals surface area contributed by atoms with Gasteiger partial charge in [0.25, 0.3) is 0 Å². The number of aliphatic carboxylic acids is 1. The molecule has 0 saturated carbocycles. The molecule has 0 bridgehead atoms. The lowest BCUT2D eigenvalue weighted by Gasteiger charge is -1.93. The predicted molar refractivity (Wildman–Crippen MR) is 94.3 cm³/mol. The second kappa shape index (κ2) is 10.4. The molecule has 2 aromatic rings. The van der Waals surface area contributed by atoms with Crippen molar-refractivity contribution in [1.82, 2.24) is 0 Å². The van der Waals surface area contributed by atoms with Crippen molar-refractivity contribution in [2.24, 2.45) is 0 Å². The molecule has 0 amide bonds. The van der Waals surface area contributed by atoms with Gasteiger partial charge in [-0.05, 0) is 56.9 Å². The molecule has 2 nitrogen and oxygen atoms in total. The van der Waals surface area contributed by atoms with Gasteiger partial charge in [-0.1, -0.05) is 55.1 Å². The van der Waals surface area contributed by atoms with E-state index in [1.54, 1.807) is 0 Å². The van der Waals surface area contributed by atoms with Crippen molar-refractivity contribution in [3.8, 4) is 0 Å². The molecule has 0 atom stereocenters. The van der Waals surface area contributed by atoms with E-state index in [4.69, 9.17) is 5.11 Å². The Labute approximate surface area is 134 Å². The number of carboxylic acids is 1. The molecule has 22 heavy (non-hydrogen) atoms. The summed E-state index contributed by atoms with van der Waals surface area (Å²) >= 11 is 0. The second-order valence-corrected chi connectivity index (χ2v) is 5.25. The Kier molecular flexibility index (Phi) is 9.28. The van der Waals surface area contributed by atoms with E-state index < -0.39 is 5.97 Å². The van der Waals surface area contributed by atoms with Gasteiger partial charge in [0.1, 0.15) is 0 Å². The minimum Gasteiger partial charge on any atom is -0.478 e. The van der Waals surface area contributed by atoms with E-state index in [2.05, 4.69) is 82.8 Å². The van der Waals surface area contributed by atoms with Gasteiger partial charge in [0, 0.05) is 5.57 Å². The molecular weight excluding hydrogens is 272 g/mol. The highest BCUT2D eigenvalue weighted by Gasteiger charge is 1.90. The van der Waals surface area contributed by atoms with Crippen molar-refractivity contribution < 1.29 is 9.90 Å². The van der Waals surface area contributed by atoms with Crippen LogP contribution in [-0.2, 0) is 4.79 Å². The van der Waals surface area contributed by atoms with Gasteiger partial charge in [0.2, 0.25) is 0 Å². The van der Waals surface area contributed by atoms with Gasteiger partial charge in [-0.3, -0.25) is 0 Å². The van der Waals surface area contributed by atoms with E-state index in [0.29, 0.717) is 0 Å². The lowest BCUT2D eigenvalue weighted by molar-refractivity contribution is -0.132. The van der Waals surface area contributed by atoms with E-state index in [0.717, 1.165) is 0 Å². The van der Waals surface area contributed by atoms with E-state index >= 15 is 0 Å². The van der Waals surface area contributed by atoms with Crippen LogP contribution in [0.3, 0.4) is 0 Å². The molecule has 0 heterocycles. The van der Waals surface area contributed by atoms with E-state index in [1.165, 1.54) is 29.2 Å². The third-order valence-corrected chi connectivity index (χ3v) is 3.22. The lowest BCUT2D eigenvalue weighted by atomic mass is 10.1. The first-order chi connectivity index (χ1) is 10.3. The summed E-state index contributed by atoms with van der Waals surface area (Å²) in [6, 6.07) is 16.7. The zero-order chi connectivity index (χ0) is 17.1.